The maximum Gasteiger partial charge on any atom is 0.493 e. The number of hydrogen-bond donors (Lipinski definition) is 1. The lowest BCUT2D eigenvalue weighted by atomic mass is 9.78. The second kappa shape index (κ2) is 5.04. The van der Waals surface area contributed by atoms with E-state index in [4.69, 9.17) is 9.31 Å². The lowest BCUT2D eigenvalue weighted by Gasteiger charge is -2.32. The van der Waals surface area contributed by atoms with E-state index in [1.165, 1.54) is 0 Å². The van der Waals surface area contributed by atoms with Crippen LogP contribution in [0, 0.1) is 0 Å². The number of aliphatic hydroxyl groups is 1. The summed E-state index contributed by atoms with van der Waals surface area (Å²) >= 11 is 0. The van der Waals surface area contributed by atoms with Crippen molar-refractivity contribution in [2.75, 3.05) is 6.61 Å². The molecular weight excluding hydrogens is 243 g/mol. The van der Waals surface area contributed by atoms with E-state index in [9.17, 15) is 5.11 Å². The van der Waals surface area contributed by atoms with Gasteiger partial charge in [-0.2, -0.15) is 0 Å². The van der Waals surface area contributed by atoms with Gasteiger partial charge in [0.25, 0.3) is 0 Å². The second-order valence-electron chi connectivity index (χ2n) is 5.57. The molecule has 0 radical (unpaired) electrons. The fourth-order valence-electron chi connectivity index (χ4n) is 1.73. The Morgan fingerprint density at radius 1 is 1.21 bits per heavy atom. The quantitative estimate of drug-likeness (QED) is 0.836. The van der Waals surface area contributed by atoms with Crippen molar-refractivity contribution in [2.45, 2.75) is 38.9 Å². The Bertz CT molecular complexity index is 458. The highest BCUT2D eigenvalue weighted by Gasteiger charge is 2.52. The summed E-state index contributed by atoms with van der Waals surface area (Å²) in [6, 6.07) is 1.74. The lowest BCUT2D eigenvalue weighted by Crippen LogP contribution is -2.41. The van der Waals surface area contributed by atoms with Crippen molar-refractivity contribution in [3.63, 3.8) is 0 Å². The molecule has 1 aromatic heterocycles. The van der Waals surface area contributed by atoms with Crippen LogP contribution in [-0.2, 0) is 9.31 Å². The predicted octanol–water partition coefficient (Wildman–Crippen LogP) is 1.48. The molecule has 0 bridgehead atoms. The van der Waals surface area contributed by atoms with Crippen molar-refractivity contribution in [3.05, 3.63) is 29.8 Å². The third-order valence-electron chi connectivity index (χ3n) is 3.64. The highest BCUT2D eigenvalue weighted by atomic mass is 16.7. The molecule has 19 heavy (non-hydrogen) atoms. The zero-order valence-electron chi connectivity index (χ0n) is 11.8. The number of aromatic nitrogens is 2. The smallest absolute Gasteiger partial charge is 0.400 e. The van der Waals surface area contributed by atoms with Gasteiger partial charge in [0.1, 0.15) is 0 Å². The predicted molar refractivity (Wildman–Crippen MR) is 73.2 cm³/mol. The topological polar surface area (TPSA) is 64.5 Å². The summed E-state index contributed by atoms with van der Waals surface area (Å²) in [7, 11) is -0.571. The van der Waals surface area contributed by atoms with E-state index >= 15 is 0 Å². The van der Waals surface area contributed by atoms with Crippen molar-refractivity contribution in [1.29, 1.82) is 0 Å². The van der Waals surface area contributed by atoms with Gasteiger partial charge in [0.2, 0.25) is 0 Å². The maximum atomic E-state index is 9.50. The number of aliphatic hydroxyl groups excluding tert-OH is 1. The highest BCUT2D eigenvalue weighted by molar-refractivity contribution is 6.55. The molecule has 0 spiro atoms. The van der Waals surface area contributed by atoms with Crippen LogP contribution in [0.3, 0.4) is 0 Å². The van der Waals surface area contributed by atoms with Crippen molar-refractivity contribution >= 4 is 13.2 Å². The van der Waals surface area contributed by atoms with Crippen LogP contribution in [0.15, 0.2) is 23.9 Å². The van der Waals surface area contributed by atoms with Crippen LogP contribution in [0.2, 0.25) is 0 Å². The first kappa shape index (κ1) is 14.2. The van der Waals surface area contributed by atoms with Gasteiger partial charge in [0, 0.05) is 12.4 Å². The molecule has 0 amide bonds. The fraction of sp³-hybridized carbons (Fsp3) is 0.538. The Hall–Kier alpha value is -1.24. The standard InChI is InChI=1S/C13H19BN2O3/c1-12(2)13(3,4)19-14(18-12)10(9-17)8-11-15-6-5-7-16-11/h5-8,17H,9H2,1-4H3. The van der Waals surface area contributed by atoms with Gasteiger partial charge in [-0.05, 0) is 45.3 Å². The monoisotopic (exact) mass is 262 g/mol. The molecule has 0 atom stereocenters. The van der Waals surface area contributed by atoms with Gasteiger partial charge in [-0.15, -0.1) is 0 Å². The van der Waals surface area contributed by atoms with Gasteiger partial charge in [0.05, 0.1) is 17.8 Å². The zero-order chi connectivity index (χ0) is 14.1. The van der Waals surface area contributed by atoms with Gasteiger partial charge in [-0.25, -0.2) is 9.97 Å². The molecule has 2 rings (SSSR count). The Kier molecular flexibility index (Phi) is 3.76. The minimum Gasteiger partial charge on any atom is -0.400 e. The van der Waals surface area contributed by atoms with Crippen LogP contribution in [0.1, 0.15) is 33.5 Å². The number of hydrogen-bond acceptors (Lipinski definition) is 5. The molecule has 1 fully saturated rings. The van der Waals surface area contributed by atoms with Crippen LogP contribution < -0.4 is 0 Å². The Morgan fingerprint density at radius 2 is 1.74 bits per heavy atom. The van der Waals surface area contributed by atoms with E-state index in [2.05, 4.69) is 9.97 Å². The van der Waals surface area contributed by atoms with E-state index in [1.807, 2.05) is 27.7 Å². The number of rotatable bonds is 3. The van der Waals surface area contributed by atoms with Crippen molar-refractivity contribution in [1.82, 2.24) is 9.97 Å². The van der Waals surface area contributed by atoms with Gasteiger partial charge in [0.15, 0.2) is 5.82 Å². The molecule has 1 aliphatic heterocycles. The van der Waals surface area contributed by atoms with Crippen LogP contribution in [0.4, 0.5) is 0 Å². The van der Waals surface area contributed by atoms with E-state index in [-0.39, 0.29) is 6.61 Å². The summed E-state index contributed by atoms with van der Waals surface area (Å²) in [4.78, 5) is 8.20. The van der Waals surface area contributed by atoms with Gasteiger partial charge in [-0.3, -0.25) is 0 Å². The van der Waals surface area contributed by atoms with E-state index in [1.54, 1.807) is 24.5 Å². The lowest BCUT2D eigenvalue weighted by molar-refractivity contribution is 0.00578. The minimum atomic E-state index is -0.571. The fourth-order valence-corrected chi connectivity index (χ4v) is 1.73. The Morgan fingerprint density at radius 3 is 2.21 bits per heavy atom. The SMILES string of the molecule is CC1(C)OB(C(=Cc2ncccn2)CO)OC1(C)C. The Balaban J connectivity index is 2.23. The summed E-state index contributed by atoms with van der Waals surface area (Å²) in [6.45, 7) is 7.74. The van der Waals surface area contributed by atoms with Crippen LogP contribution in [0.5, 0.6) is 0 Å². The minimum absolute atomic E-state index is 0.158. The molecule has 0 aliphatic carbocycles. The molecule has 1 aromatic rings. The third-order valence-corrected chi connectivity index (χ3v) is 3.64. The van der Waals surface area contributed by atoms with Crippen LogP contribution in [0.25, 0.3) is 6.08 Å². The molecule has 1 saturated heterocycles. The van der Waals surface area contributed by atoms with Gasteiger partial charge in [-0.1, -0.05) is 0 Å². The largest absolute Gasteiger partial charge is 0.493 e. The number of nitrogens with zero attached hydrogens (tertiary/aromatic N) is 2. The van der Waals surface area contributed by atoms with Crippen LogP contribution in [-0.4, -0.2) is 40.0 Å². The maximum absolute atomic E-state index is 9.50. The summed E-state index contributed by atoms with van der Waals surface area (Å²) < 4.78 is 11.8. The molecule has 1 aliphatic rings. The zero-order valence-corrected chi connectivity index (χ0v) is 11.8. The molecule has 6 heteroatoms. The molecule has 5 nitrogen and oxygen atoms in total. The second-order valence-corrected chi connectivity index (χ2v) is 5.57. The van der Waals surface area contributed by atoms with Gasteiger partial charge >= 0.3 is 7.12 Å². The normalized spacial score (nSPS) is 21.7. The average Bonchev–Trinajstić information content (AvgIpc) is 2.56. The molecular formula is C13H19BN2O3. The summed E-state index contributed by atoms with van der Waals surface area (Å²) in [5.41, 5.74) is -0.239. The summed E-state index contributed by atoms with van der Waals surface area (Å²) in [5, 5.41) is 9.50. The molecule has 0 unspecified atom stereocenters. The molecule has 102 valence electrons. The summed E-state index contributed by atoms with van der Waals surface area (Å²) in [6.07, 6.45) is 5.00. The molecule has 2 heterocycles. The summed E-state index contributed by atoms with van der Waals surface area (Å²) in [5.74, 6) is 0.529. The van der Waals surface area contributed by atoms with Crippen LogP contribution >= 0.6 is 0 Å². The third kappa shape index (κ3) is 2.86. The Labute approximate surface area is 113 Å². The van der Waals surface area contributed by atoms with Crippen molar-refractivity contribution in [3.8, 4) is 0 Å². The average molecular weight is 262 g/mol. The van der Waals surface area contributed by atoms with E-state index < -0.39 is 18.3 Å². The first-order valence-electron chi connectivity index (χ1n) is 6.30. The molecule has 0 aromatic carbocycles. The van der Waals surface area contributed by atoms with E-state index in [0.717, 1.165) is 0 Å². The van der Waals surface area contributed by atoms with Gasteiger partial charge < -0.3 is 14.4 Å². The van der Waals surface area contributed by atoms with E-state index in [0.29, 0.717) is 11.3 Å². The molecule has 0 saturated carbocycles. The first-order valence-corrected chi connectivity index (χ1v) is 6.30. The van der Waals surface area contributed by atoms with Crippen molar-refractivity contribution < 1.29 is 14.4 Å². The highest BCUT2D eigenvalue weighted by Crippen LogP contribution is 2.38. The first-order chi connectivity index (χ1) is 8.86. The molecule has 1 N–H and O–H groups in total. The van der Waals surface area contributed by atoms with Crippen molar-refractivity contribution in [2.24, 2.45) is 0 Å².